The van der Waals surface area contributed by atoms with Gasteiger partial charge in [-0.05, 0) is 36.6 Å². The minimum atomic E-state index is -0.0137. The van der Waals surface area contributed by atoms with Crippen molar-refractivity contribution in [1.29, 1.82) is 0 Å². The molecule has 4 heteroatoms. The molecule has 0 saturated carbocycles. The van der Waals surface area contributed by atoms with E-state index in [1.54, 1.807) is 4.90 Å². The van der Waals surface area contributed by atoms with E-state index >= 15 is 0 Å². The Hall–Kier alpha value is -2.62. The molecule has 0 unspecified atom stereocenters. The second kappa shape index (κ2) is 7.30. The van der Waals surface area contributed by atoms with Gasteiger partial charge in [0.2, 0.25) is 11.8 Å². The summed E-state index contributed by atoms with van der Waals surface area (Å²) in [6.45, 7) is 2.77. The Morgan fingerprint density at radius 1 is 1.12 bits per heavy atom. The van der Waals surface area contributed by atoms with Crippen LogP contribution in [0.5, 0.6) is 0 Å². The molecule has 0 bridgehead atoms. The third-order valence-corrected chi connectivity index (χ3v) is 4.36. The first kappa shape index (κ1) is 16.2. The van der Waals surface area contributed by atoms with Crippen LogP contribution < -0.4 is 10.2 Å². The van der Waals surface area contributed by atoms with Gasteiger partial charge in [-0.3, -0.25) is 9.59 Å². The standard InChI is InChI=1S/C20H22N2O2/c1-15(17-6-3-2-4-7-17)21-19(23)14-16-9-11-18(12-10-16)22-13-5-8-20(22)24/h2-4,6-7,9-12,15H,5,8,13-14H2,1H3,(H,21,23)/t15-/m0/s1. The van der Waals surface area contributed by atoms with Crippen LogP contribution in [0.1, 0.15) is 36.9 Å². The minimum absolute atomic E-state index is 0.00338. The summed E-state index contributed by atoms with van der Waals surface area (Å²) in [4.78, 5) is 25.8. The van der Waals surface area contributed by atoms with Gasteiger partial charge in [0.15, 0.2) is 0 Å². The van der Waals surface area contributed by atoms with Gasteiger partial charge in [-0.25, -0.2) is 0 Å². The van der Waals surface area contributed by atoms with E-state index in [2.05, 4.69) is 5.32 Å². The zero-order valence-electron chi connectivity index (χ0n) is 13.9. The Morgan fingerprint density at radius 3 is 2.46 bits per heavy atom. The number of benzene rings is 2. The van der Waals surface area contributed by atoms with Gasteiger partial charge in [0.25, 0.3) is 0 Å². The van der Waals surface area contributed by atoms with Crippen LogP contribution in [-0.4, -0.2) is 18.4 Å². The second-order valence-corrected chi connectivity index (χ2v) is 6.19. The van der Waals surface area contributed by atoms with Crippen molar-refractivity contribution in [3.8, 4) is 0 Å². The van der Waals surface area contributed by atoms with Crippen LogP contribution in [0.15, 0.2) is 54.6 Å². The minimum Gasteiger partial charge on any atom is -0.349 e. The number of carbonyl (C=O) groups excluding carboxylic acids is 2. The molecule has 0 radical (unpaired) electrons. The highest BCUT2D eigenvalue weighted by Gasteiger charge is 2.21. The van der Waals surface area contributed by atoms with Crippen LogP contribution in [0.4, 0.5) is 5.69 Å². The normalized spacial score (nSPS) is 15.4. The van der Waals surface area contributed by atoms with Crippen LogP contribution in [-0.2, 0) is 16.0 Å². The molecule has 0 aromatic heterocycles. The van der Waals surface area contributed by atoms with Crippen LogP contribution in [0.3, 0.4) is 0 Å². The van der Waals surface area contributed by atoms with Gasteiger partial charge in [-0.2, -0.15) is 0 Å². The molecule has 4 nitrogen and oxygen atoms in total. The maximum Gasteiger partial charge on any atom is 0.227 e. The molecule has 1 atom stereocenters. The largest absolute Gasteiger partial charge is 0.349 e. The van der Waals surface area contributed by atoms with Crippen molar-refractivity contribution in [2.75, 3.05) is 11.4 Å². The summed E-state index contributed by atoms with van der Waals surface area (Å²) in [6.07, 6.45) is 1.88. The molecule has 1 heterocycles. The van der Waals surface area contributed by atoms with Crippen molar-refractivity contribution in [1.82, 2.24) is 5.32 Å². The van der Waals surface area contributed by atoms with Gasteiger partial charge in [0.05, 0.1) is 12.5 Å². The highest BCUT2D eigenvalue weighted by Crippen LogP contribution is 2.21. The third kappa shape index (κ3) is 3.82. The molecule has 1 saturated heterocycles. The van der Waals surface area contributed by atoms with Crippen molar-refractivity contribution in [3.63, 3.8) is 0 Å². The molecule has 2 aromatic carbocycles. The average Bonchev–Trinajstić information content (AvgIpc) is 3.02. The second-order valence-electron chi connectivity index (χ2n) is 6.19. The number of nitrogens with zero attached hydrogens (tertiary/aromatic N) is 1. The first-order chi connectivity index (χ1) is 11.6. The Balaban J connectivity index is 1.57. The van der Waals surface area contributed by atoms with Crippen molar-refractivity contribution in [2.45, 2.75) is 32.2 Å². The smallest absolute Gasteiger partial charge is 0.227 e. The highest BCUT2D eigenvalue weighted by atomic mass is 16.2. The number of rotatable bonds is 5. The molecule has 1 aliphatic rings. The number of hydrogen-bond acceptors (Lipinski definition) is 2. The Bertz CT molecular complexity index is 710. The van der Waals surface area contributed by atoms with E-state index in [4.69, 9.17) is 0 Å². The fraction of sp³-hybridized carbons (Fsp3) is 0.300. The van der Waals surface area contributed by atoms with E-state index in [1.165, 1.54) is 0 Å². The molecule has 1 N–H and O–H groups in total. The van der Waals surface area contributed by atoms with E-state index in [0.717, 1.165) is 29.8 Å². The van der Waals surface area contributed by atoms with Gasteiger partial charge in [-0.1, -0.05) is 42.5 Å². The van der Waals surface area contributed by atoms with E-state index in [0.29, 0.717) is 12.8 Å². The summed E-state index contributed by atoms with van der Waals surface area (Å²) in [5, 5.41) is 3.02. The lowest BCUT2D eigenvalue weighted by Gasteiger charge is -2.16. The number of nitrogens with one attached hydrogen (secondary N) is 1. The zero-order chi connectivity index (χ0) is 16.9. The molecular formula is C20H22N2O2. The highest BCUT2D eigenvalue weighted by molar-refractivity contribution is 5.95. The van der Waals surface area contributed by atoms with E-state index in [1.807, 2.05) is 61.5 Å². The molecule has 1 aliphatic heterocycles. The Morgan fingerprint density at radius 2 is 1.83 bits per heavy atom. The summed E-state index contributed by atoms with van der Waals surface area (Å²) in [5.74, 6) is 0.175. The monoisotopic (exact) mass is 322 g/mol. The van der Waals surface area contributed by atoms with Crippen LogP contribution >= 0.6 is 0 Å². The molecule has 3 rings (SSSR count). The van der Waals surface area contributed by atoms with E-state index < -0.39 is 0 Å². The lowest BCUT2D eigenvalue weighted by molar-refractivity contribution is -0.121. The van der Waals surface area contributed by atoms with Gasteiger partial charge in [0, 0.05) is 18.7 Å². The third-order valence-electron chi connectivity index (χ3n) is 4.36. The summed E-state index contributed by atoms with van der Waals surface area (Å²) >= 11 is 0. The fourth-order valence-corrected chi connectivity index (χ4v) is 3.02. The number of anilines is 1. The van der Waals surface area contributed by atoms with Crippen LogP contribution in [0.25, 0.3) is 0 Å². The first-order valence-electron chi connectivity index (χ1n) is 8.37. The summed E-state index contributed by atoms with van der Waals surface area (Å²) in [5.41, 5.74) is 2.95. The predicted octanol–water partition coefficient (Wildman–Crippen LogP) is 3.23. The lowest BCUT2D eigenvalue weighted by atomic mass is 10.1. The molecule has 124 valence electrons. The lowest BCUT2D eigenvalue weighted by Crippen LogP contribution is -2.28. The molecule has 2 amide bonds. The molecule has 1 fully saturated rings. The van der Waals surface area contributed by atoms with Crippen LogP contribution in [0, 0.1) is 0 Å². The Kier molecular flexibility index (Phi) is 4.94. The maximum absolute atomic E-state index is 12.2. The summed E-state index contributed by atoms with van der Waals surface area (Å²) in [6, 6.07) is 17.6. The van der Waals surface area contributed by atoms with Crippen LogP contribution in [0.2, 0.25) is 0 Å². The number of amides is 2. The quantitative estimate of drug-likeness (QED) is 0.919. The summed E-state index contributed by atoms with van der Waals surface area (Å²) in [7, 11) is 0. The number of hydrogen-bond donors (Lipinski definition) is 1. The van der Waals surface area contributed by atoms with Crippen molar-refractivity contribution >= 4 is 17.5 Å². The van der Waals surface area contributed by atoms with Crippen molar-refractivity contribution < 1.29 is 9.59 Å². The fourth-order valence-electron chi connectivity index (χ4n) is 3.02. The van der Waals surface area contributed by atoms with Crippen molar-refractivity contribution in [3.05, 3.63) is 65.7 Å². The van der Waals surface area contributed by atoms with Gasteiger partial charge >= 0.3 is 0 Å². The maximum atomic E-state index is 12.2. The molecule has 0 aliphatic carbocycles. The molecule has 2 aromatic rings. The molecule has 0 spiro atoms. The molecular weight excluding hydrogens is 300 g/mol. The average molecular weight is 322 g/mol. The summed E-state index contributed by atoms with van der Waals surface area (Å²) < 4.78 is 0. The van der Waals surface area contributed by atoms with Gasteiger partial charge < -0.3 is 10.2 Å². The Labute approximate surface area is 142 Å². The van der Waals surface area contributed by atoms with Gasteiger partial charge in [0.1, 0.15) is 0 Å². The van der Waals surface area contributed by atoms with E-state index in [9.17, 15) is 9.59 Å². The SMILES string of the molecule is C[C@H](NC(=O)Cc1ccc(N2CCCC2=O)cc1)c1ccccc1. The topological polar surface area (TPSA) is 49.4 Å². The van der Waals surface area contributed by atoms with Crippen molar-refractivity contribution in [2.24, 2.45) is 0 Å². The zero-order valence-corrected chi connectivity index (χ0v) is 13.9. The molecule has 24 heavy (non-hydrogen) atoms. The predicted molar refractivity (Wildman–Crippen MR) is 94.7 cm³/mol. The van der Waals surface area contributed by atoms with E-state index in [-0.39, 0.29) is 17.9 Å². The first-order valence-corrected chi connectivity index (χ1v) is 8.37. The number of carbonyl (C=O) groups is 2. The van der Waals surface area contributed by atoms with Gasteiger partial charge in [-0.15, -0.1) is 0 Å².